The summed E-state index contributed by atoms with van der Waals surface area (Å²) in [4.78, 5) is 0. The molecule has 2 aromatic carbocycles. The van der Waals surface area contributed by atoms with Crippen molar-refractivity contribution in [2.24, 2.45) is 0 Å². The van der Waals surface area contributed by atoms with E-state index in [4.69, 9.17) is 0 Å². The second-order valence-corrected chi connectivity index (χ2v) is 5.32. The molecule has 3 rings (SSSR count). The smallest absolute Gasteiger partial charge is 0.0222 e. The van der Waals surface area contributed by atoms with Crippen molar-refractivity contribution in [1.29, 1.82) is 0 Å². The Morgan fingerprint density at radius 2 is 1.30 bits per heavy atom. The quantitative estimate of drug-likeness (QED) is 0.661. The van der Waals surface area contributed by atoms with E-state index in [2.05, 4.69) is 72.8 Å². The molecule has 0 heterocycles. The minimum atomic E-state index is 1.20. The van der Waals surface area contributed by atoms with E-state index in [1.54, 1.807) is 0 Å². The van der Waals surface area contributed by atoms with Crippen molar-refractivity contribution in [2.75, 3.05) is 0 Å². The van der Waals surface area contributed by atoms with Crippen LogP contribution in [0.3, 0.4) is 0 Å². The number of hydrogen-bond acceptors (Lipinski definition) is 0. The lowest BCUT2D eigenvalue weighted by Gasteiger charge is -2.18. The summed E-state index contributed by atoms with van der Waals surface area (Å²) in [5, 5.41) is 0. The zero-order chi connectivity index (χ0) is 13.6. The Bertz CT molecular complexity index is 603. The first-order valence-electron chi connectivity index (χ1n) is 7.44. The Labute approximate surface area is 121 Å². The van der Waals surface area contributed by atoms with Crippen molar-refractivity contribution in [3.63, 3.8) is 0 Å². The highest BCUT2D eigenvalue weighted by molar-refractivity contribution is 5.73. The average Bonchev–Trinajstić information content (AvgIpc) is 2.55. The molecule has 0 aromatic heterocycles. The SMILES string of the molecule is C(=Cc1ccccc1)C1=C(c2ccccc2)CCCC1. The first-order valence-corrected chi connectivity index (χ1v) is 7.44. The predicted molar refractivity (Wildman–Crippen MR) is 87.3 cm³/mol. The number of allylic oxidation sites excluding steroid dienone is 3. The summed E-state index contributed by atoms with van der Waals surface area (Å²) in [6.45, 7) is 0. The van der Waals surface area contributed by atoms with Crippen LogP contribution in [0.1, 0.15) is 36.8 Å². The van der Waals surface area contributed by atoms with Gasteiger partial charge in [-0.15, -0.1) is 0 Å². The molecule has 100 valence electrons. The van der Waals surface area contributed by atoms with Crippen LogP contribution in [0.15, 0.2) is 72.3 Å². The predicted octanol–water partition coefficient (Wildman–Crippen LogP) is 5.73. The van der Waals surface area contributed by atoms with Gasteiger partial charge in [0.2, 0.25) is 0 Å². The maximum absolute atomic E-state index is 2.32. The number of hydrogen-bond donors (Lipinski definition) is 0. The van der Waals surface area contributed by atoms with Crippen LogP contribution in [0.4, 0.5) is 0 Å². The molecular weight excluding hydrogens is 240 g/mol. The fourth-order valence-electron chi connectivity index (χ4n) is 2.84. The molecule has 0 atom stereocenters. The molecule has 20 heavy (non-hydrogen) atoms. The summed E-state index contributed by atoms with van der Waals surface area (Å²) in [6, 6.07) is 21.4. The molecule has 0 fully saturated rings. The minimum Gasteiger partial charge on any atom is -0.0622 e. The van der Waals surface area contributed by atoms with E-state index in [0.717, 1.165) is 0 Å². The van der Waals surface area contributed by atoms with Gasteiger partial charge in [-0.3, -0.25) is 0 Å². The van der Waals surface area contributed by atoms with Crippen molar-refractivity contribution in [3.05, 3.63) is 83.4 Å². The second kappa shape index (κ2) is 6.38. The van der Waals surface area contributed by atoms with Gasteiger partial charge in [-0.05, 0) is 48.0 Å². The first kappa shape index (κ1) is 12.9. The van der Waals surface area contributed by atoms with E-state index < -0.39 is 0 Å². The van der Waals surface area contributed by atoms with Crippen LogP contribution in [0, 0.1) is 0 Å². The Kier molecular flexibility index (Phi) is 4.13. The maximum Gasteiger partial charge on any atom is -0.0222 e. The summed E-state index contributed by atoms with van der Waals surface area (Å²) in [7, 11) is 0. The van der Waals surface area contributed by atoms with Gasteiger partial charge in [-0.2, -0.15) is 0 Å². The fourth-order valence-corrected chi connectivity index (χ4v) is 2.84. The second-order valence-electron chi connectivity index (χ2n) is 5.32. The van der Waals surface area contributed by atoms with E-state index in [0.29, 0.717) is 0 Å². The van der Waals surface area contributed by atoms with Crippen LogP contribution in [0.2, 0.25) is 0 Å². The summed E-state index contributed by atoms with van der Waals surface area (Å²) in [5.74, 6) is 0. The van der Waals surface area contributed by atoms with Crippen LogP contribution >= 0.6 is 0 Å². The van der Waals surface area contributed by atoms with Gasteiger partial charge in [-0.25, -0.2) is 0 Å². The highest BCUT2D eigenvalue weighted by Crippen LogP contribution is 2.33. The molecule has 0 amide bonds. The summed E-state index contributed by atoms with van der Waals surface area (Å²) >= 11 is 0. The third kappa shape index (κ3) is 3.08. The lowest BCUT2D eigenvalue weighted by molar-refractivity contribution is 0.725. The van der Waals surface area contributed by atoms with Gasteiger partial charge >= 0.3 is 0 Å². The zero-order valence-corrected chi connectivity index (χ0v) is 11.8. The van der Waals surface area contributed by atoms with Crippen molar-refractivity contribution >= 4 is 11.6 Å². The van der Waals surface area contributed by atoms with Gasteiger partial charge in [-0.1, -0.05) is 72.8 Å². The van der Waals surface area contributed by atoms with Gasteiger partial charge in [0.05, 0.1) is 0 Å². The summed E-state index contributed by atoms with van der Waals surface area (Å²) < 4.78 is 0. The molecule has 0 aliphatic heterocycles. The molecule has 0 bridgehead atoms. The number of rotatable bonds is 3. The van der Waals surface area contributed by atoms with Crippen molar-refractivity contribution in [2.45, 2.75) is 25.7 Å². The van der Waals surface area contributed by atoms with E-state index in [9.17, 15) is 0 Å². The lowest BCUT2D eigenvalue weighted by Crippen LogP contribution is -1.97. The van der Waals surface area contributed by atoms with Gasteiger partial charge in [0.1, 0.15) is 0 Å². The Morgan fingerprint density at radius 1 is 0.650 bits per heavy atom. The van der Waals surface area contributed by atoms with E-state index in [-0.39, 0.29) is 0 Å². The zero-order valence-electron chi connectivity index (χ0n) is 11.8. The van der Waals surface area contributed by atoms with Crippen LogP contribution < -0.4 is 0 Å². The molecule has 0 heteroatoms. The van der Waals surface area contributed by atoms with Gasteiger partial charge < -0.3 is 0 Å². The molecule has 2 aromatic rings. The molecular formula is C20H20. The van der Waals surface area contributed by atoms with Crippen LogP contribution in [-0.2, 0) is 0 Å². The van der Waals surface area contributed by atoms with Gasteiger partial charge in [0.15, 0.2) is 0 Å². The third-order valence-corrected chi connectivity index (χ3v) is 3.91. The lowest BCUT2D eigenvalue weighted by atomic mass is 9.87. The fraction of sp³-hybridized carbons (Fsp3) is 0.200. The summed E-state index contributed by atoms with van der Waals surface area (Å²) in [5.41, 5.74) is 5.70. The largest absolute Gasteiger partial charge is 0.0622 e. The highest BCUT2D eigenvalue weighted by atomic mass is 14.2. The number of benzene rings is 2. The summed E-state index contributed by atoms with van der Waals surface area (Å²) in [6.07, 6.45) is 9.59. The monoisotopic (exact) mass is 260 g/mol. The molecule has 0 N–H and O–H groups in total. The Balaban J connectivity index is 1.92. The van der Waals surface area contributed by atoms with E-state index >= 15 is 0 Å². The standard InChI is InChI=1S/C20H20/c1-3-9-17(10-4-1)15-16-19-13-7-8-14-20(19)18-11-5-2-6-12-18/h1-6,9-12,15-16H,7-8,13-14H2. The topological polar surface area (TPSA) is 0 Å². The molecule has 0 saturated carbocycles. The third-order valence-electron chi connectivity index (χ3n) is 3.91. The van der Waals surface area contributed by atoms with Crippen molar-refractivity contribution in [3.8, 4) is 0 Å². The van der Waals surface area contributed by atoms with Crippen LogP contribution in [0.5, 0.6) is 0 Å². The Morgan fingerprint density at radius 3 is 2.05 bits per heavy atom. The van der Waals surface area contributed by atoms with Gasteiger partial charge in [0, 0.05) is 0 Å². The molecule has 0 radical (unpaired) electrons. The van der Waals surface area contributed by atoms with E-state index in [1.165, 1.54) is 48.0 Å². The Hall–Kier alpha value is -2.08. The molecule has 1 aliphatic rings. The molecule has 0 nitrogen and oxygen atoms in total. The average molecular weight is 260 g/mol. The molecule has 0 spiro atoms. The van der Waals surface area contributed by atoms with Crippen molar-refractivity contribution in [1.82, 2.24) is 0 Å². The highest BCUT2D eigenvalue weighted by Gasteiger charge is 2.11. The minimum absolute atomic E-state index is 1.20. The first-order chi connectivity index (χ1) is 9.93. The van der Waals surface area contributed by atoms with Crippen LogP contribution in [0.25, 0.3) is 11.6 Å². The normalized spacial score (nSPS) is 15.8. The molecule has 1 aliphatic carbocycles. The molecule has 0 unspecified atom stereocenters. The van der Waals surface area contributed by atoms with E-state index in [1.807, 2.05) is 0 Å². The van der Waals surface area contributed by atoms with Gasteiger partial charge in [0.25, 0.3) is 0 Å². The van der Waals surface area contributed by atoms with Crippen molar-refractivity contribution < 1.29 is 0 Å². The van der Waals surface area contributed by atoms with Crippen LogP contribution in [-0.4, -0.2) is 0 Å². The maximum atomic E-state index is 2.32. The molecule has 0 saturated heterocycles.